The highest BCUT2D eigenvalue weighted by Crippen LogP contribution is 2.47. The molecule has 1 N–H and O–H groups in total. The van der Waals surface area contributed by atoms with Crippen molar-refractivity contribution in [2.75, 3.05) is 0 Å². The molecule has 0 radical (unpaired) electrons. The Labute approximate surface area is 406 Å². The van der Waals surface area contributed by atoms with Crippen LogP contribution in [0.2, 0.25) is 0 Å². The standard InChI is InChI=1S/C58H44N2OS.3C2H6/c1-4-40-16-11-12-31-58(40,3)49-33-38(24-23-36(49)2)37-14-13-15-39(32-37)47-34-41(25-29-54(47)61)60-52-22-10-7-19-46(52)56-53(60)28-27-45-48-35-42(26-30-55(48)62-57(45)56)59-50-20-8-5-17-43(50)44-18-6-9-21-51(44)59;3*1-2/h4-25,27-29,31-35,61H,26,30H2,1-3H3;3*1-2H3/b40-4+;;;. The summed E-state index contributed by atoms with van der Waals surface area (Å²) in [6.45, 7) is 18.6. The molecule has 68 heavy (non-hydrogen) atoms. The molecular formula is C64H62N2OS. The van der Waals surface area contributed by atoms with Gasteiger partial charge in [-0.2, -0.15) is 0 Å². The molecule has 0 saturated heterocycles. The van der Waals surface area contributed by atoms with Crippen LogP contribution in [0.25, 0.3) is 93.4 Å². The van der Waals surface area contributed by atoms with E-state index in [1.54, 1.807) is 0 Å². The Morgan fingerprint density at radius 1 is 0.588 bits per heavy atom. The second kappa shape index (κ2) is 19.2. The summed E-state index contributed by atoms with van der Waals surface area (Å²) in [5, 5.41) is 18.0. The van der Waals surface area contributed by atoms with E-state index in [0.717, 1.165) is 46.3 Å². The van der Waals surface area contributed by atoms with Crippen LogP contribution in [0.4, 0.5) is 0 Å². The number of aromatic nitrogens is 2. The third-order valence-corrected chi connectivity index (χ3v) is 15.0. The van der Waals surface area contributed by atoms with E-state index < -0.39 is 0 Å². The Hall–Kier alpha value is -7.14. The predicted octanol–water partition coefficient (Wildman–Crippen LogP) is 18.8. The van der Waals surface area contributed by atoms with Gasteiger partial charge in [0.25, 0.3) is 0 Å². The van der Waals surface area contributed by atoms with Crippen LogP contribution in [0.15, 0.2) is 182 Å². The third kappa shape index (κ3) is 7.52. The predicted molar refractivity (Wildman–Crippen MR) is 299 cm³/mol. The monoisotopic (exact) mass is 906 g/mol. The minimum atomic E-state index is -0.211. The van der Waals surface area contributed by atoms with Gasteiger partial charge in [-0.05, 0) is 133 Å². The van der Waals surface area contributed by atoms with Gasteiger partial charge in [-0.1, -0.05) is 163 Å². The highest BCUT2D eigenvalue weighted by atomic mass is 32.1. The van der Waals surface area contributed by atoms with Crippen LogP contribution in [-0.4, -0.2) is 14.2 Å². The first kappa shape index (κ1) is 46.0. The van der Waals surface area contributed by atoms with Crippen LogP contribution in [0.3, 0.4) is 0 Å². The summed E-state index contributed by atoms with van der Waals surface area (Å²) in [7, 11) is 0. The van der Waals surface area contributed by atoms with Gasteiger partial charge in [0.05, 0.1) is 22.1 Å². The van der Waals surface area contributed by atoms with Gasteiger partial charge in [-0.15, -0.1) is 11.3 Å². The quantitative estimate of drug-likeness (QED) is 0.183. The summed E-state index contributed by atoms with van der Waals surface area (Å²) in [6.07, 6.45) is 15.5. The zero-order chi connectivity index (χ0) is 47.7. The second-order valence-corrected chi connectivity index (χ2v) is 18.2. The first-order valence-corrected chi connectivity index (χ1v) is 25.5. The van der Waals surface area contributed by atoms with Crippen molar-refractivity contribution in [3.05, 3.63) is 203 Å². The zero-order valence-electron chi connectivity index (χ0n) is 41.0. The summed E-state index contributed by atoms with van der Waals surface area (Å²) < 4.78 is 6.21. The summed E-state index contributed by atoms with van der Waals surface area (Å²) >= 11 is 1.96. The van der Waals surface area contributed by atoms with Crippen molar-refractivity contribution in [3.8, 4) is 33.7 Å². The first-order chi connectivity index (χ1) is 33.4. The third-order valence-electron chi connectivity index (χ3n) is 13.7. The molecular weight excluding hydrogens is 845 g/mol. The molecule has 0 bridgehead atoms. The lowest BCUT2D eigenvalue weighted by atomic mass is 9.71. The molecule has 0 aliphatic heterocycles. The molecule has 0 fully saturated rings. The maximum atomic E-state index is 11.5. The molecule has 340 valence electrons. The number of benzene rings is 7. The van der Waals surface area contributed by atoms with Crippen molar-refractivity contribution in [2.24, 2.45) is 0 Å². The largest absolute Gasteiger partial charge is 0.507 e. The normalized spacial score (nSPS) is 15.7. The van der Waals surface area contributed by atoms with Crippen molar-refractivity contribution in [2.45, 2.75) is 80.6 Å². The number of hydrogen-bond acceptors (Lipinski definition) is 2. The topological polar surface area (TPSA) is 30.1 Å². The Balaban J connectivity index is 0.000000928. The molecule has 1 atom stereocenters. The molecule has 0 amide bonds. The molecule has 3 nitrogen and oxygen atoms in total. The van der Waals surface area contributed by atoms with Crippen LogP contribution >= 0.6 is 11.3 Å². The SMILES string of the molecule is C/C=C1\C=CC=CC1(C)c1cc(-c2cccc(-c3cc(-n4c5ccccc5c5c6sc7c(c6ccc54)C=C(n4c5ccccc5c5ccccc54)CC7)ccc3O)c2)ccc1C.CC.CC.CC. The number of phenolic OH excluding ortho intramolecular Hbond substituents is 1. The van der Waals surface area contributed by atoms with Crippen molar-refractivity contribution in [3.63, 3.8) is 0 Å². The van der Waals surface area contributed by atoms with Gasteiger partial charge < -0.3 is 14.2 Å². The molecule has 2 aliphatic carbocycles. The fourth-order valence-electron chi connectivity index (χ4n) is 10.6. The van der Waals surface area contributed by atoms with E-state index in [1.807, 2.05) is 58.9 Å². The highest BCUT2D eigenvalue weighted by molar-refractivity contribution is 7.20. The van der Waals surface area contributed by atoms with E-state index in [9.17, 15) is 5.11 Å². The van der Waals surface area contributed by atoms with Gasteiger partial charge in [-0.25, -0.2) is 0 Å². The maximum absolute atomic E-state index is 11.5. The molecule has 2 aliphatic rings. The number of fused-ring (bicyclic) bond motifs is 10. The highest BCUT2D eigenvalue weighted by Gasteiger charge is 2.30. The number of thiophene rings is 1. The van der Waals surface area contributed by atoms with Crippen LogP contribution in [0.1, 0.15) is 83.4 Å². The Morgan fingerprint density at radius 2 is 1.24 bits per heavy atom. The Bertz CT molecular complexity index is 3580. The molecule has 0 saturated carbocycles. The number of aryl methyl sites for hydroxylation is 2. The van der Waals surface area contributed by atoms with E-state index in [1.165, 1.54) is 81.0 Å². The summed E-state index contributed by atoms with van der Waals surface area (Å²) in [5.74, 6) is 0.264. The molecule has 3 aromatic heterocycles. The summed E-state index contributed by atoms with van der Waals surface area (Å²) in [5.41, 5.74) is 16.3. The molecule has 3 heterocycles. The van der Waals surface area contributed by atoms with Crippen LogP contribution in [0, 0.1) is 6.92 Å². The molecule has 10 aromatic rings. The van der Waals surface area contributed by atoms with Crippen molar-refractivity contribution in [1.29, 1.82) is 0 Å². The average Bonchev–Trinajstić information content (AvgIpc) is 4.06. The molecule has 0 spiro atoms. The van der Waals surface area contributed by atoms with E-state index in [0.29, 0.717) is 0 Å². The first-order valence-electron chi connectivity index (χ1n) is 24.6. The maximum Gasteiger partial charge on any atom is 0.123 e. The number of nitrogens with zero attached hydrogens (tertiary/aromatic N) is 2. The average molecular weight is 907 g/mol. The van der Waals surface area contributed by atoms with E-state index in [-0.39, 0.29) is 11.2 Å². The Morgan fingerprint density at radius 3 is 1.94 bits per heavy atom. The number of allylic oxidation sites excluding steroid dienone is 7. The molecule has 1 unspecified atom stereocenters. The molecule has 4 heteroatoms. The van der Waals surface area contributed by atoms with Crippen LogP contribution in [-0.2, 0) is 11.8 Å². The van der Waals surface area contributed by atoms with E-state index >= 15 is 0 Å². The fourth-order valence-corrected chi connectivity index (χ4v) is 12.0. The van der Waals surface area contributed by atoms with Gasteiger partial charge >= 0.3 is 0 Å². The van der Waals surface area contributed by atoms with Gasteiger partial charge in [0.2, 0.25) is 0 Å². The van der Waals surface area contributed by atoms with Gasteiger partial charge in [0.15, 0.2) is 0 Å². The minimum absolute atomic E-state index is 0.211. The lowest BCUT2D eigenvalue weighted by Crippen LogP contribution is -2.24. The van der Waals surface area contributed by atoms with Crippen molar-refractivity contribution < 1.29 is 5.11 Å². The minimum Gasteiger partial charge on any atom is -0.507 e. The molecule has 7 aromatic carbocycles. The summed E-state index contributed by atoms with van der Waals surface area (Å²) in [6, 6.07) is 52.5. The number of aromatic hydroxyl groups is 1. The van der Waals surface area contributed by atoms with Crippen LogP contribution < -0.4 is 0 Å². The lowest BCUT2D eigenvalue weighted by molar-refractivity contribution is 0.477. The van der Waals surface area contributed by atoms with E-state index in [4.69, 9.17) is 0 Å². The number of para-hydroxylation sites is 3. The smallest absolute Gasteiger partial charge is 0.123 e. The van der Waals surface area contributed by atoms with E-state index in [2.05, 4.69) is 206 Å². The van der Waals surface area contributed by atoms with Crippen LogP contribution in [0.5, 0.6) is 5.75 Å². The van der Waals surface area contributed by atoms with Gasteiger partial charge in [-0.3, -0.25) is 0 Å². The Kier molecular flexibility index (Phi) is 13.0. The fraction of sp³-hybridized carbons (Fsp3) is 0.188. The van der Waals surface area contributed by atoms with Gasteiger partial charge in [0.1, 0.15) is 5.75 Å². The van der Waals surface area contributed by atoms with Crippen molar-refractivity contribution >= 4 is 76.8 Å². The number of hydrogen-bond donors (Lipinski definition) is 1. The summed E-state index contributed by atoms with van der Waals surface area (Å²) in [4.78, 5) is 1.45. The van der Waals surface area contributed by atoms with Gasteiger partial charge in [0, 0.05) is 58.9 Å². The zero-order valence-corrected chi connectivity index (χ0v) is 41.8. The molecule has 12 rings (SSSR count). The second-order valence-electron chi connectivity index (χ2n) is 17.1. The lowest BCUT2D eigenvalue weighted by Gasteiger charge is -2.32. The number of phenols is 1. The number of rotatable bonds is 5. The van der Waals surface area contributed by atoms with Crippen molar-refractivity contribution in [1.82, 2.24) is 9.13 Å².